The summed E-state index contributed by atoms with van der Waals surface area (Å²) in [6.45, 7) is 2.00. The number of benzene rings is 1. The maximum absolute atomic E-state index is 8.72. The van der Waals surface area contributed by atoms with Crippen LogP contribution in [0, 0.1) is 18.3 Å². The summed E-state index contributed by atoms with van der Waals surface area (Å²) >= 11 is 5.93. The van der Waals surface area contributed by atoms with Crippen LogP contribution in [0.1, 0.15) is 11.3 Å². The number of aromatic nitrogens is 1. The topological polar surface area (TPSA) is 36.7 Å². The van der Waals surface area contributed by atoms with Gasteiger partial charge in [0.25, 0.3) is 0 Å². The summed E-state index contributed by atoms with van der Waals surface area (Å²) in [7, 11) is 0. The third-order valence-electron chi connectivity index (χ3n) is 2.05. The van der Waals surface area contributed by atoms with Crippen molar-refractivity contribution in [1.82, 2.24) is 4.98 Å². The van der Waals surface area contributed by atoms with Crippen molar-refractivity contribution in [3.05, 3.63) is 40.7 Å². The fraction of sp³-hybridized carbons (Fsp3) is 0.0909. The number of hydrogen-bond acceptors (Lipinski definition) is 2. The molecule has 1 aromatic heterocycles. The van der Waals surface area contributed by atoms with Gasteiger partial charge in [-0.05, 0) is 18.4 Å². The van der Waals surface area contributed by atoms with Crippen molar-refractivity contribution in [3.63, 3.8) is 0 Å². The number of nitriles is 1. The van der Waals surface area contributed by atoms with Crippen LogP contribution in [0.4, 0.5) is 0 Å². The number of aryl methyl sites for hydroxylation is 1. The minimum atomic E-state index is 0.355. The van der Waals surface area contributed by atoms with Crippen LogP contribution in [-0.2, 0) is 0 Å². The highest BCUT2D eigenvalue weighted by atomic mass is 35.5. The van der Waals surface area contributed by atoms with Crippen LogP contribution < -0.4 is 0 Å². The quantitative estimate of drug-likeness (QED) is 0.616. The predicted octanol–water partition coefficient (Wildman–Crippen LogP) is 3.07. The third-order valence-corrected chi connectivity index (χ3v) is 2.34. The van der Waals surface area contributed by atoms with E-state index in [2.05, 4.69) is 4.98 Å². The Balaban J connectivity index is 2.85. The molecule has 0 N–H and O–H groups in total. The van der Waals surface area contributed by atoms with E-state index >= 15 is 0 Å². The zero-order chi connectivity index (χ0) is 10.1. The minimum Gasteiger partial charge on any atom is -0.225 e. The van der Waals surface area contributed by atoms with Gasteiger partial charge >= 0.3 is 0 Å². The SMILES string of the molecule is Cc1ccc2c(Cl)nc(C#N)cc2c1. The number of nitrogens with zero attached hydrogens (tertiary/aromatic N) is 2. The van der Waals surface area contributed by atoms with Gasteiger partial charge in [-0.2, -0.15) is 5.26 Å². The second-order valence-electron chi connectivity index (χ2n) is 3.13. The van der Waals surface area contributed by atoms with E-state index in [1.165, 1.54) is 0 Å². The lowest BCUT2D eigenvalue weighted by Crippen LogP contribution is -1.86. The van der Waals surface area contributed by atoms with Crippen molar-refractivity contribution in [2.45, 2.75) is 6.92 Å². The minimum absolute atomic E-state index is 0.355. The van der Waals surface area contributed by atoms with E-state index in [0.717, 1.165) is 16.3 Å². The van der Waals surface area contributed by atoms with Gasteiger partial charge in [0.2, 0.25) is 0 Å². The molecule has 0 aliphatic carbocycles. The Kier molecular flexibility index (Phi) is 2.11. The predicted molar refractivity (Wildman–Crippen MR) is 56.2 cm³/mol. The van der Waals surface area contributed by atoms with E-state index in [1.807, 2.05) is 31.2 Å². The molecule has 0 spiro atoms. The standard InChI is InChI=1S/C11H7ClN2/c1-7-2-3-10-8(4-7)5-9(6-13)14-11(10)12/h2-5H,1H3. The number of fused-ring (bicyclic) bond motifs is 1. The summed E-state index contributed by atoms with van der Waals surface area (Å²) in [5.41, 5.74) is 1.50. The molecule has 14 heavy (non-hydrogen) atoms. The van der Waals surface area contributed by atoms with Gasteiger partial charge in [0.15, 0.2) is 0 Å². The molecule has 68 valence electrons. The number of pyridine rings is 1. The van der Waals surface area contributed by atoms with Gasteiger partial charge in [-0.25, -0.2) is 4.98 Å². The van der Waals surface area contributed by atoms with Gasteiger partial charge < -0.3 is 0 Å². The summed E-state index contributed by atoms with van der Waals surface area (Å²) < 4.78 is 0. The third kappa shape index (κ3) is 1.43. The van der Waals surface area contributed by atoms with Gasteiger partial charge in [-0.1, -0.05) is 35.4 Å². The van der Waals surface area contributed by atoms with E-state index in [1.54, 1.807) is 6.07 Å². The molecule has 1 heterocycles. The number of hydrogen-bond donors (Lipinski definition) is 0. The number of rotatable bonds is 0. The Hall–Kier alpha value is -1.59. The molecule has 0 radical (unpaired) electrons. The first-order chi connectivity index (χ1) is 6.70. The zero-order valence-electron chi connectivity index (χ0n) is 7.58. The molecule has 0 unspecified atom stereocenters. The van der Waals surface area contributed by atoms with E-state index in [0.29, 0.717) is 10.8 Å². The first-order valence-corrected chi connectivity index (χ1v) is 4.55. The highest BCUT2D eigenvalue weighted by Crippen LogP contribution is 2.23. The van der Waals surface area contributed by atoms with Gasteiger partial charge in [-0.15, -0.1) is 0 Å². The van der Waals surface area contributed by atoms with Gasteiger partial charge in [0.1, 0.15) is 16.9 Å². The monoisotopic (exact) mass is 202 g/mol. The Morgan fingerprint density at radius 1 is 1.36 bits per heavy atom. The summed E-state index contributed by atoms with van der Waals surface area (Å²) in [6.07, 6.45) is 0. The largest absolute Gasteiger partial charge is 0.225 e. The van der Waals surface area contributed by atoms with Crippen LogP contribution in [0.25, 0.3) is 10.8 Å². The van der Waals surface area contributed by atoms with Crippen LogP contribution in [-0.4, -0.2) is 4.98 Å². The maximum Gasteiger partial charge on any atom is 0.142 e. The first-order valence-electron chi connectivity index (χ1n) is 4.18. The van der Waals surface area contributed by atoms with Crippen molar-refractivity contribution < 1.29 is 0 Å². The van der Waals surface area contributed by atoms with Crippen molar-refractivity contribution in [2.24, 2.45) is 0 Å². The van der Waals surface area contributed by atoms with Crippen molar-refractivity contribution >= 4 is 22.4 Å². The fourth-order valence-corrected chi connectivity index (χ4v) is 1.66. The highest BCUT2D eigenvalue weighted by molar-refractivity contribution is 6.34. The average molecular weight is 203 g/mol. The van der Waals surface area contributed by atoms with Crippen LogP contribution >= 0.6 is 11.6 Å². The second kappa shape index (κ2) is 3.28. The van der Waals surface area contributed by atoms with E-state index in [9.17, 15) is 0 Å². The smallest absolute Gasteiger partial charge is 0.142 e. The molecule has 0 atom stereocenters. The van der Waals surface area contributed by atoms with Crippen LogP contribution in [0.3, 0.4) is 0 Å². The Bertz CT molecular complexity index is 541. The molecule has 0 saturated carbocycles. The molecule has 2 rings (SSSR count). The molecule has 0 saturated heterocycles. The average Bonchev–Trinajstić information content (AvgIpc) is 2.16. The Morgan fingerprint density at radius 3 is 2.86 bits per heavy atom. The Labute approximate surface area is 86.8 Å². The van der Waals surface area contributed by atoms with Crippen molar-refractivity contribution in [2.75, 3.05) is 0 Å². The number of halogens is 1. The molecule has 0 aliphatic heterocycles. The second-order valence-corrected chi connectivity index (χ2v) is 3.49. The normalized spacial score (nSPS) is 10.1. The molecule has 3 heteroatoms. The molecular formula is C11H7ClN2. The van der Waals surface area contributed by atoms with Crippen molar-refractivity contribution in [3.8, 4) is 6.07 Å². The van der Waals surface area contributed by atoms with Crippen LogP contribution in [0.5, 0.6) is 0 Å². The molecule has 0 amide bonds. The zero-order valence-corrected chi connectivity index (χ0v) is 8.34. The molecule has 0 bridgehead atoms. The first kappa shape index (κ1) is 8.98. The summed E-state index contributed by atoms with van der Waals surface area (Å²) in [6, 6.07) is 9.61. The van der Waals surface area contributed by atoms with E-state index in [4.69, 9.17) is 16.9 Å². The van der Waals surface area contributed by atoms with Crippen LogP contribution in [0.15, 0.2) is 24.3 Å². The maximum atomic E-state index is 8.72. The molecule has 0 fully saturated rings. The van der Waals surface area contributed by atoms with Gasteiger partial charge in [0, 0.05) is 5.39 Å². The lowest BCUT2D eigenvalue weighted by Gasteiger charge is -2.01. The van der Waals surface area contributed by atoms with Gasteiger partial charge in [0.05, 0.1) is 0 Å². The molecule has 2 aromatic rings. The molecule has 1 aromatic carbocycles. The molecule has 2 nitrogen and oxygen atoms in total. The Morgan fingerprint density at radius 2 is 2.14 bits per heavy atom. The van der Waals surface area contributed by atoms with Gasteiger partial charge in [-0.3, -0.25) is 0 Å². The van der Waals surface area contributed by atoms with E-state index in [-0.39, 0.29) is 0 Å². The lowest BCUT2D eigenvalue weighted by molar-refractivity contribution is 1.29. The van der Waals surface area contributed by atoms with Crippen LogP contribution in [0.2, 0.25) is 5.15 Å². The van der Waals surface area contributed by atoms with Crippen molar-refractivity contribution in [1.29, 1.82) is 5.26 Å². The molecular weight excluding hydrogens is 196 g/mol. The summed E-state index contributed by atoms with van der Waals surface area (Å²) in [5.74, 6) is 0. The highest BCUT2D eigenvalue weighted by Gasteiger charge is 2.03. The fourth-order valence-electron chi connectivity index (χ4n) is 1.39. The molecule has 0 aliphatic rings. The van der Waals surface area contributed by atoms with E-state index < -0.39 is 0 Å². The summed E-state index contributed by atoms with van der Waals surface area (Å²) in [4.78, 5) is 3.95. The lowest BCUT2D eigenvalue weighted by atomic mass is 10.1. The summed E-state index contributed by atoms with van der Waals surface area (Å²) in [5, 5.41) is 11.0.